The molecule has 2 nitrogen and oxygen atoms in total. The highest BCUT2D eigenvalue weighted by molar-refractivity contribution is 4.54. The Balaban J connectivity index is 1.75. The quantitative estimate of drug-likeness (QED) is 0.558. The minimum Gasteiger partial charge on any atom is -0.353 e. The van der Waals surface area contributed by atoms with Crippen LogP contribution in [-0.2, 0) is 9.47 Å². The first-order valence-electron chi connectivity index (χ1n) is 6.16. The third-order valence-electron chi connectivity index (χ3n) is 2.69. The molecule has 1 unspecified atom stereocenters. The molecule has 0 aromatic rings. The van der Waals surface area contributed by atoms with Crippen LogP contribution in [0.4, 0.5) is 0 Å². The molecule has 2 heteroatoms. The van der Waals surface area contributed by atoms with E-state index in [1.54, 1.807) is 0 Å². The van der Waals surface area contributed by atoms with Crippen molar-refractivity contribution in [2.75, 3.05) is 13.2 Å². The molecule has 1 heterocycles. The van der Waals surface area contributed by atoms with Crippen LogP contribution < -0.4 is 0 Å². The molecule has 1 rings (SSSR count). The van der Waals surface area contributed by atoms with Gasteiger partial charge in [-0.15, -0.1) is 0 Å². The van der Waals surface area contributed by atoms with Gasteiger partial charge in [-0.25, -0.2) is 0 Å². The maximum absolute atomic E-state index is 5.59. The van der Waals surface area contributed by atoms with Gasteiger partial charge in [0.15, 0.2) is 6.29 Å². The maximum Gasteiger partial charge on any atom is 0.157 e. The molecule has 0 aromatic carbocycles. The summed E-state index contributed by atoms with van der Waals surface area (Å²) in [6, 6.07) is 0. The first-order chi connectivity index (χ1) is 6.93. The lowest BCUT2D eigenvalue weighted by Gasteiger charge is -2.10. The Morgan fingerprint density at radius 3 is 2.64 bits per heavy atom. The molecule has 0 N–H and O–H groups in total. The summed E-state index contributed by atoms with van der Waals surface area (Å²) in [6.45, 7) is 4.03. The van der Waals surface area contributed by atoms with Crippen molar-refractivity contribution in [3.05, 3.63) is 0 Å². The van der Waals surface area contributed by atoms with E-state index in [0.29, 0.717) is 0 Å². The van der Waals surface area contributed by atoms with Crippen molar-refractivity contribution in [1.29, 1.82) is 0 Å². The summed E-state index contributed by atoms with van der Waals surface area (Å²) >= 11 is 0. The zero-order chi connectivity index (χ0) is 10.1. The fraction of sp³-hybridized carbons (Fsp3) is 1.00. The molecule has 0 saturated carbocycles. The zero-order valence-electron chi connectivity index (χ0n) is 9.46. The summed E-state index contributed by atoms with van der Waals surface area (Å²) in [6.07, 6.45) is 10.3. The lowest BCUT2D eigenvalue weighted by molar-refractivity contribution is -0.111. The fourth-order valence-electron chi connectivity index (χ4n) is 1.78. The van der Waals surface area contributed by atoms with Gasteiger partial charge in [-0.3, -0.25) is 0 Å². The van der Waals surface area contributed by atoms with Crippen molar-refractivity contribution in [3.8, 4) is 0 Å². The van der Waals surface area contributed by atoms with Crippen LogP contribution in [-0.4, -0.2) is 19.5 Å². The summed E-state index contributed by atoms with van der Waals surface area (Å²) in [5, 5.41) is 0. The van der Waals surface area contributed by atoms with E-state index in [4.69, 9.17) is 9.47 Å². The van der Waals surface area contributed by atoms with E-state index in [0.717, 1.165) is 19.6 Å². The fourth-order valence-corrected chi connectivity index (χ4v) is 1.78. The molecule has 84 valence electrons. The highest BCUT2D eigenvalue weighted by Crippen LogP contribution is 2.13. The Labute approximate surface area is 88.0 Å². The van der Waals surface area contributed by atoms with Gasteiger partial charge in [-0.05, 0) is 12.8 Å². The largest absolute Gasteiger partial charge is 0.353 e. The predicted molar refractivity (Wildman–Crippen MR) is 58.3 cm³/mol. The number of unbranched alkanes of at least 4 members (excludes halogenated alkanes) is 5. The van der Waals surface area contributed by atoms with Gasteiger partial charge in [-0.2, -0.15) is 0 Å². The van der Waals surface area contributed by atoms with Gasteiger partial charge in [0.25, 0.3) is 0 Å². The standard InChI is InChI=1S/C12H24O2/c1-2-3-4-5-6-7-10-13-12-9-8-11-14-12/h12H,2-11H2,1H3. The molecule has 14 heavy (non-hydrogen) atoms. The summed E-state index contributed by atoms with van der Waals surface area (Å²) in [4.78, 5) is 0. The van der Waals surface area contributed by atoms with Crippen molar-refractivity contribution in [2.24, 2.45) is 0 Å². The van der Waals surface area contributed by atoms with Crippen molar-refractivity contribution in [1.82, 2.24) is 0 Å². The van der Waals surface area contributed by atoms with Gasteiger partial charge in [0.05, 0.1) is 0 Å². The second kappa shape index (κ2) is 8.25. The van der Waals surface area contributed by atoms with Gasteiger partial charge < -0.3 is 9.47 Å². The summed E-state index contributed by atoms with van der Waals surface area (Å²) in [5.74, 6) is 0. The van der Waals surface area contributed by atoms with Gasteiger partial charge in [0.1, 0.15) is 0 Å². The van der Waals surface area contributed by atoms with Crippen LogP contribution in [0.25, 0.3) is 0 Å². The topological polar surface area (TPSA) is 18.5 Å². The van der Waals surface area contributed by atoms with E-state index in [-0.39, 0.29) is 6.29 Å². The number of hydrogen-bond donors (Lipinski definition) is 0. The number of ether oxygens (including phenoxy) is 2. The molecule has 0 amide bonds. The Bertz CT molecular complexity index is 119. The van der Waals surface area contributed by atoms with Crippen molar-refractivity contribution in [3.63, 3.8) is 0 Å². The Morgan fingerprint density at radius 1 is 1.14 bits per heavy atom. The molecular formula is C12H24O2. The third kappa shape index (κ3) is 5.61. The van der Waals surface area contributed by atoms with Crippen LogP contribution in [0.1, 0.15) is 58.3 Å². The summed E-state index contributed by atoms with van der Waals surface area (Å²) < 4.78 is 11.0. The predicted octanol–water partition coefficient (Wildman–Crippen LogP) is 3.50. The highest BCUT2D eigenvalue weighted by Gasteiger charge is 2.14. The summed E-state index contributed by atoms with van der Waals surface area (Å²) in [5.41, 5.74) is 0. The van der Waals surface area contributed by atoms with Crippen molar-refractivity contribution >= 4 is 0 Å². The minimum absolute atomic E-state index is 0.116. The van der Waals surface area contributed by atoms with Crippen LogP contribution in [0.15, 0.2) is 0 Å². The smallest absolute Gasteiger partial charge is 0.157 e. The SMILES string of the molecule is CCCCCCCCOC1CCCO1. The minimum atomic E-state index is 0.116. The molecule has 1 aliphatic heterocycles. The second-order valence-corrected chi connectivity index (χ2v) is 4.08. The zero-order valence-corrected chi connectivity index (χ0v) is 9.46. The Hall–Kier alpha value is -0.0800. The van der Waals surface area contributed by atoms with E-state index in [1.165, 1.54) is 44.9 Å². The average Bonchev–Trinajstić information content (AvgIpc) is 2.69. The molecule has 1 saturated heterocycles. The molecule has 0 spiro atoms. The molecule has 0 bridgehead atoms. The monoisotopic (exact) mass is 200 g/mol. The molecule has 0 aliphatic carbocycles. The number of rotatable bonds is 8. The van der Waals surface area contributed by atoms with E-state index in [1.807, 2.05) is 0 Å². The molecular weight excluding hydrogens is 176 g/mol. The summed E-state index contributed by atoms with van der Waals surface area (Å²) in [7, 11) is 0. The van der Waals surface area contributed by atoms with E-state index in [2.05, 4.69) is 6.92 Å². The van der Waals surface area contributed by atoms with Crippen LogP contribution in [0.3, 0.4) is 0 Å². The first kappa shape index (κ1) is 12.0. The van der Waals surface area contributed by atoms with Gasteiger partial charge in [0.2, 0.25) is 0 Å². The lowest BCUT2D eigenvalue weighted by Crippen LogP contribution is -2.11. The lowest BCUT2D eigenvalue weighted by atomic mass is 10.1. The van der Waals surface area contributed by atoms with Crippen molar-refractivity contribution in [2.45, 2.75) is 64.6 Å². The van der Waals surface area contributed by atoms with Crippen LogP contribution >= 0.6 is 0 Å². The van der Waals surface area contributed by atoms with E-state index in [9.17, 15) is 0 Å². The normalized spacial score (nSPS) is 21.6. The van der Waals surface area contributed by atoms with Gasteiger partial charge in [-0.1, -0.05) is 39.0 Å². The van der Waals surface area contributed by atoms with Crippen LogP contribution in [0, 0.1) is 0 Å². The van der Waals surface area contributed by atoms with Gasteiger partial charge >= 0.3 is 0 Å². The van der Waals surface area contributed by atoms with Crippen molar-refractivity contribution < 1.29 is 9.47 Å². The molecule has 1 fully saturated rings. The molecule has 0 radical (unpaired) electrons. The van der Waals surface area contributed by atoms with E-state index < -0.39 is 0 Å². The molecule has 1 aliphatic rings. The average molecular weight is 200 g/mol. The first-order valence-corrected chi connectivity index (χ1v) is 6.16. The Morgan fingerprint density at radius 2 is 1.93 bits per heavy atom. The Kier molecular flexibility index (Phi) is 7.06. The van der Waals surface area contributed by atoms with Crippen LogP contribution in [0.5, 0.6) is 0 Å². The second-order valence-electron chi connectivity index (χ2n) is 4.08. The maximum atomic E-state index is 5.59. The van der Waals surface area contributed by atoms with E-state index >= 15 is 0 Å². The highest BCUT2D eigenvalue weighted by atomic mass is 16.7. The molecule has 0 aromatic heterocycles. The third-order valence-corrected chi connectivity index (χ3v) is 2.69. The molecule has 1 atom stereocenters. The number of hydrogen-bond acceptors (Lipinski definition) is 2. The van der Waals surface area contributed by atoms with Crippen LogP contribution in [0.2, 0.25) is 0 Å². The van der Waals surface area contributed by atoms with Gasteiger partial charge in [0, 0.05) is 19.6 Å².